The second kappa shape index (κ2) is 5.53. The number of anilines is 3. The van der Waals surface area contributed by atoms with Crippen LogP contribution in [0.2, 0.25) is 0 Å². The van der Waals surface area contributed by atoms with Crippen molar-refractivity contribution in [2.45, 2.75) is 24.9 Å². The van der Waals surface area contributed by atoms with Crippen LogP contribution in [0.3, 0.4) is 0 Å². The number of nitrogens with zero attached hydrogens (tertiary/aromatic N) is 6. The summed E-state index contributed by atoms with van der Waals surface area (Å²) in [4.78, 5) is 24.3. The molecule has 8 nitrogen and oxygen atoms in total. The fourth-order valence-electron chi connectivity index (χ4n) is 3.50. The maximum absolute atomic E-state index is 11.2. The second-order valence-corrected chi connectivity index (χ2v) is 6.11. The molecule has 0 saturated carbocycles. The quantitative estimate of drug-likeness (QED) is 0.840. The zero-order valence-electron chi connectivity index (χ0n) is 13.0. The minimum Gasteiger partial charge on any atom is -0.352 e. The average molecular weight is 313 g/mol. The first-order valence-electron chi connectivity index (χ1n) is 7.79. The van der Waals surface area contributed by atoms with Gasteiger partial charge in [-0.25, -0.2) is 4.98 Å². The van der Waals surface area contributed by atoms with E-state index >= 15 is 0 Å². The first-order valence-corrected chi connectivity index (χ1v) is 7.79. The molecule has 2 saturated heterocycles. The molecule has 2 bridgehead atoms. The molecule has 1 amide bonds. The van der Waals surface area contributed by atoms with E-state index in [1.807, 2.05) is 24.2 Å². The number of amides is 1. The van der Waals surface area contributed by atoms with Gasteiger partial charge in [-0.1, -0.05) is 0 Å². The van der Waals surface area contributed by atoms with Crippen molar-refractivity contribution >= 4 is 23.9 Å². The number of nitrogens with one attached hydrogen (secondary N) is 1. The van der Waals surface area contributed by atoms with Gasteiger partial charge in [0.2, 0.25) is 12.4 Å². The van der Waals surface area contributed by atoms with Crippen LogP contribution in [-0.2, 0) is 11.8 Å². The Bertz CT molecular complexity index is 701. The number of fused-ring (bicyclic) bond motifs is 2. The average Bonchev–Trinajstić information content (AvgIpc) is 3.07. The molecule has 23 heavy (non-hydrogen) atoms. The molecule has 0 aromatic carbocycles. The molecular formula is C15H19N7O. The maximum Gasteiger partial charge on any atom is 0.229 e. The molecule has 2 atom stereocenters. The van der Waals surface area contributed by atoms with Crippen molar-refractivity contribution in [3.8, 4) is 0 Å². The van der Waals surface area contributed by atoms with Crippen LogP contribution in [0.1, 0.15) is 12.8 Å². The molecule has 8 heteroatoms. The third-order valence-electron chi connectivity index (χ3n) is 4.59. The Hall–Kier alpha value is -2.64. The Balaban J connectivity index is 1.52. The molecule has 4 heterocycles. The summed E-state index contributed by atoms with van der Waals surface area (Å²) in [6.07, 6.45) is 8.51. The molecule has 120 valence electrons. The Morgan fingerprint density at radius 3 is 2.74 bits per heavy atom. The fourth-order valence-corrected chi connectivity index (χ4v) is 3.50. The first kappa shape index (κ1) is 14.0. The van der Waals surface area contributed by atoms with E-state index in [1.165, 1.54) is 0 Å². The van der Waals surface area contributed by atoms with Gasteiger partial charge in [-0.3, -0.25) is 9.48 Å². The summed E-state index contributed by atoms with van der Waals surface area (Å²) in [7, 11) is 1.87. The Labute approximate surface area is 134 Å². The number of rotatable bonds is 4. The normalized spacial score (nSPS) is 23.2. The zero-order chi connectivity index (χ0) is 15.8. The Morgan fingerprint density at radius 1 is 1.30 bits per heavy atom. The molecular weight excluding hydrogens is 294 g/mol. The largest absolute Gasteiger partial charge is 0.352 e. The molecule has 0 aliphatic carbocycles. The van der Waals surface area contributed by atoms with Crippen LogP contribution in [0.4, 0.5) is 17.5 Å². The van der Waals surface area contributed by atoms with Gasteiger partial charge in [0.1, 0.15) is 5.82 Å². The lowest BCUT2D eigenvalue weighted by Gasteiger charge is -2.39. The predicted octanol–water partition coefficient (Wildman–Crippen LogP) is 0.763. The van der Waals surface area contributed by atoms with Crippen molar-refractivity contribution < 1.29 is 4.79 Å². The molecule has 2 aromatic heterocycles. The number of carbonyl (C=O) groups is 1. The molecule has 2 fully saturated rings. The Kier molecular flexibility index (Phi) is 3.36. The van der Waals surface area contributed by atoms with Gasteiger partial charge in [-0.05, 0) is 18.9 Å². The van der Waals surface area contributed by atoms with E-state index < -0.39 is 0 Å². The van der Waals surface area contributed by atoms with E-state index in [0.29, 0.717) is 18.0 Å². The second-order valence-electron chi connectivity index (χ2n) is 6.11. The van der Waals surface area contributed by atoms with E-state index in [-0.39, 0.29) is 0 Å². The number of carbonyl (C=O) groups excluding carboxylic acids is 1. The van der Waals surface area contributed by atoms with Crippen molar-refractivity contribution in [1.29, 1.82) is 0 Å². The van der Waals surface area contributed by atoms with Gasteiger partial charge in [0.05, 0.1) is 11.9 Å². The third kappa shape index (κ3) is 2.60. The van der Waals surface area contributed by atoms with E-state index in [4.69, 9.17) is 0 Å². The van der Waals surface area contributed by atoms with Crippen LogP contribution in [0.5, 0.6) is 0 Å². The van der Waals surface area contributed by atoms with Crippen LogP contribution in [-0.4, -0.2) is 56.2 Å². The van der Waals surface area contributed by atoms with Crippen LogP contribution in [0.15, 0.2) is 24.7 Å². The Morgan fingerprint density at radius 2 is 2.09 bits per heavy atom. The highest BCUT2D eigenvalue weighted by molar-refractivity contribution is 5.55. The van der Waals surface area contributed by atoms with E-state index in [0.717, 1.165) is 43.8 Å². The third-order valence-corrected chi connectivity index (χ3v) is 4.59. The van der Waals surface area contributed by atoms with Gasteiger partial charge in [-0.2, -0.15) is 10.1 Å². The molecule has 2 aliphatic rings. The highest BCUT2D eigenvalue weighted by Gasteiger charge is 2.39. The summed E-state index contributed by atoms with van der Waals surface area (Å²) in [5, 5.41) is 7.28. The topological polar surface area (TPSA) is 79.2 Å². The fraction of sp³-hybridized carbons (Fsp3) is 0.467. The molecule has 2 aliphatic heterocycles. The summed E-state index contributed by atoms with van der Waals surface area (Å²) >= 11 is 0. The van der Waals surface area contributed by atoms with E-state index in [9.17, 15) is 4.79 Å². The lowest BCUT2D eigenvalue weighted by atomic mass is 10.2. The highest BCUT2D eigenvalue weighted by atomic mass is 16.1. The van der Waals surface area contributed by atoms with Gasteiger partial charge < -0.3 is 15.1 Å². The van der Waals surface area contributed by atoms with Crippen molar-refractivity contribution in [1.82, 2.24) is 24.6 Å². The highest BCUT2D eigenvalue weighted by Crippen LogP contribution is 2.31. The van der Waals surface area contributed by atoms with Gasteiger partial charge in [0.15, 0.2) is 0 Å². The summed E-state index contributed by atoms with van der Waals surface area (Å²) in [6.45, 7) is 1.66. The van der Waals surface area contributed by atoms with Crippen LogP contribution < -0.4 is 10.2 Å². The number of aromatic nitrogens is 4. The number of piperazine rings is 1. The maximum atomic E-state index is 11.2. The lowest BCUT2D eigenvalue weighted by molar-refractivity contribution is -0.121. The van der Waals surface area contributed by atoms with Gasteiger partial charge in [0, 0.05) is 44.6 Å². The van der Waals surface area contributed by atoms with Crippen molar-refractivity contribution in [3.63, 3.8) is 0 Å². The standard InChI is InChI=1S/C15H19N7O/c1-20-7-11(6-17-20)18-15-16-5-4-14(19-15)21-8-12-2-3-13(9-21)22(12)10-23/h4-7,10,12-13H,2-3,8-9H2,1H3,(H,16,18,19). The minimum absolute atomic E-state index is 0.302. The summed E-state index contributed by atoms with van der Waals surface area (Å²) in [6, 6.07) is 2.52. The first-order chi connectivity index (χ1) is 11.2. The SMILES string of the molecule is Cn1cc(Nc2nccc(N3CC4CCC(C3)N4C=O)n2)cn1. The van der Waals surface area contributed by atoms with Crippen LogP contribution in [0.25, 0.3) is 0 Å². The summed E-state index contributed by atoms with van der Waals surface area (Å²) in [5.41, 5.74) is 0.857. The zero-order valence-corrected chi connectivity index (χ0v) is 13.0. The molecule has 1 N–H and O–H groups in total. The van der Waals surface area contributed by atoms with Gasteiger partial charge in [0.25, 0.3) is 0 Å². The van der Waals surface area contributed by atoms with Crippen molar-refractivity contribution in [3.05, 3.63) is 24.7 Å². The van der Waals surface area contributed by atoms with Gasteiger partial charge in [-0.15, -0.1) is 0 Å². The minimum atomic E-state index is 0.302. The molecule has 4 rings (SSSR count). The van der Waals surface area contributed by atoms with Crippen molar-refractivity contribution in [2.24, 2.45) is 7.05 Å². The van der Waals surface area contributed by atoms with Crippen LogP contribution >= 0.6 is 0 Å². The molecule has 0 radical (unpaired) electrons. The van der Waals surface area contributed by atoms with Crippen LogP contribution in [0, 0.1) is 0 Å². The predicted molar refractivity (Wildman–Crippen MR) is 85.4 cm³/mol. The number of hydrogen-bond donors (Lipinski definition) is 1. The number of hydrogen-bond acceptors (Lipinski definition) is 6. The van der Waals surface area contributed by atoms with Gasteiger partial charge >= 0.3 is 0 Å². The molecule has 2 aromatic rings. The smallest absolute Gasteiger partial charge is 0.229 e. The molecule has 0 spiro atoms. The lowest BCUT2D eigenvalue weighted by Crippen LogP contribution is -2.53. The summed E-state index contributed by atoms with van der Waals surface area (Å²) in [5.74, 6) is 1.45. The molecule has 2 unspecified atom stereocenters. The van der Waals surface area contributed by atoms with E-state index in [1.54, 1.807) is 17.1 Å². The summed E-state index contributed by atoms with van der Waals surface area (Å²) < 4.78 is 1.72. The number of aryl methyl sites for hydroxylation is 1. The monoisotopic (exact) mass is 313 g/mol. The van der Waals surface area contributed by atoms with E-state index in [2.05, 4.69) is 25.3 Å². The van der Waals surface area contributed by atoms with Crippen molar-refractivity contribution in [2.75, 3.05) is 23.3 Å².